The summed E-state index contributed by atoms with van der Waals surface area (Å²) < 4.78 is 12.8. The number of benzene rings is 6. The second-order valence-electron chi connectivity index (χ2n) is 11.4. The monoisotopic (exact) mass is 550 g/mol. The fourth-order valence-corrected chi connectivity index (χ4v) is 6.94. The molecule has 2 aliphatic rings. The van der Waals surface area contributed by atoms with E-state index in [4.69, 9.17) is 9.47 Å². The van der Waals surface area contributed by atoms with Crippen molar-refractivity contribution in [2.75, 3.05) is 22.9 Å². The lowest BCUT2D eigenvalue weighted by Gasteiger charge is -2.38. The number of fused-ring (bicyclic) bond motifs is 10. The molecule has 0 spiro atoms. The number of nitrogens with zero attached hydrogens (tertiary/aromatic N) is 2. The molecule has 0 atom stereocenters. The maximum Gasteiger partial charge on any atom is 0.162 e. The first-order valence-corrected chi connectivity index (χ1v) is 15.1. The minimum Gasteiger partial charge on any atom is -0.485 e. The Labute approximate surface area is 246 Å². The van der Waals surface area contributed by atoms with E-state index in [0.717, 1.165) is 48.5 Å². The molecule has 0 fully saturated rings. The molecule has 4 heteroatoms. The topological polar surface area (TPSA) is 24.9 Å². The van der Waals surface area contributed by atoms with Crippen LogP contribution in [0.15, 0.2) is 97.1 Å². The van der Waals surface area contributed by atoms with Crippen molar-refractivity contribution in [1.29, 1.82) is 0 Å². The maximum absolute atomic E-state index is 6.42. The molecule has 6 aromatic rings. The number of hydrogen-bond acceptors (Lipinski definition) is 4. The van der Waals surface area contributed by atoms with Crippen LogP contribution in [0.25, 0.3) is 32.3 Å². The summed E-state index contributed by atoms with van der Waals surface area (Å²) in [6, 6.07) is 35.2. The summed E-state index contributed by atoms with van der Waals surface area (Å²) in [5, 5.41) is 7.60. The van der Waals surface area contributed by atoms with Crippen LogP contribution in [0.5, 0.6) is 11.5 Å². The van der Waals surface area contributed by atoms with Gasteiger partial charge in [-0.25, -0.2) is 0 Å². The first-order chi connectivity index (χ1) is 20.7. The minimum atomic E-state index is 0.533. The highest BCUT2D eigenvalue weighted by Gasteiger charge is 2.27. The quantitative estimate of drug-likeness (QED) is 0.201. The van der Waals surface area contributed by atoms with E-state index in [9.17, 15) is 0 Å². The number of hydrogen-bond donors (Lipinski definition) is 0. The first-order valence-electron chi connectivity index (χ1n) is 15.1. The van der Waals surface area contributed by atoms with Gasteiger partial charge < -0.3 is 19.3 Å². The Morgan fingerprint density at radius 1 is 0.500 bits per heavy atom. The summed E-state index contributed by atoms with van der Waals surface area (Å²) in [5.41, 5.74) is 7.81. The molecule has 0 N–H and O–H groups in total. The summed E-state index contributed by atoms with van der Waals surface area (Å²) in [5.74, 6) is 1.62. The van der Waals surface area contributed by atoms with Gasteiger partial charge in [-0.3, -0.25) is 0 Å². The molecule has 0 amide bonds. The van der Waals surface area contributed by atoms with Gasteiger partial charge in [-0.15, -0.1) is 0 Å². The van der Waals surface area contributed by atoms with Crippen molar-refractivity contribution in [3.8, 4) is 11.5 Å². The lowest BCUT2D eigenvalue weighted by atomic mass is 9.93. The van der Waals surface area contributed by atoms with E-state index < -0.39 is 0 Å². The molecule has 6 aromatic carbocycles. The van der Waals surface area contributed by atoms with Crippen LogP contribution >= 0.6 is 0 Å². The third-order valence-electron chi connectivity index (χ3n) is 9.10. The normalized spacial score (nSPS) is 14.5. The Morgan fingerprint density at radius 2 is 0.905 bits per heavy atom. The van der Waals surface area contributed by atoms with Crippen molar-refractivity contribution < 1.29 is 9.47 Å². The van der Waals surface area contributed by atoms with Gasteiger partial charge >= 0.3 is 0 Å². The molecule has 2 heterocycles. The second kappa shape index (κ2) is 9.99. The SMILES string of the molecule is CCN1Cc2cc3c(cc2CN(CC)c2c1c1ccccc1c1ccccc21)COc1cc2ccccc2cc1OC3. The molecule has 0 radical (unpaired) electrons. The van der Waals surface area contributed by atoms with Crippen LogP contribution < -0.4 is 19.3 Å². The van der Waals surface area contributed by atoms with Gasteiger partial charge in [0.15, 0.2) is 11.5 Å². The van der Waals surface area contributed by atoms with Crippen molar-refractivity contribution in [3.63, 3.8) is 0 Å². The molecule has 0 saturated heterocycles. The van der Waals surface area contributed by atoms with Crippen LogP contribution in [-0.2, 0) is 26.3 Å². The standard InChI is InChI=1S/C38H34N2O2/c1-3-39-21-27-17-29-23-41-35-19-25-11-5-6-12-26(25)20-36(35)42-24-30(29)18-28(27)22-40(4-2)38-34-16-10-8-14-32(34)31-13-7-9-15-33(31)37(38)39/h5-20H,3-4,21-24H2,1-2H3. The van der Waals surface area contributed by atoms with E-state index in [1.54, 1.807) is 0 Å². The summed E-state index contributed by atoms with van der Waals surface area (Å²) >= 11 is 0. The van der Waals surface area contributed by atoms with E-state index in [0.29, 0.717) is 13.2 Å². The van der Waals surface area contributed by atoms with Crippen molar-refractivity contribution in [1.82, 2.24) is 0 Å². The van der Waals surface area contributed by atoms with Crippen LogP contribution in [0.1, 0.15) is 36.1 Å². The summed E-state index contributed by atoms with van der Waals surface area (Å²) in [6.07, 6.45) is 0. The average molecular weight is 551 g/mol. The fourth-order valence-electron chi connectivity index (χ4n) is 6.94. The summed E-state index contributed by atoms with van der Waals surface area (Å²) in [7, 11) is 0. The van der Waals surface area contributed by atoms with Gasteiger partial charge in [0.1, 0.15) is 13.2 Å². The van der Waals surface area contributed by atoms with Crippen molar-refractivity contribution in [2.45, 2.75) is 40.2 Å². The molecule has 0 unspecified atom stereocenters. The zero-order chi connectivity index (χ0) is 28.2. The molecule has 4 nitrogen and oxygen atoms in total. The highest BCUT2D eigenvalue weighted by atomic mass is 16.5. The predicted octanol–water partition coefficient (Wildman–Crippen LogP) is 8.98. The van der Waals surface area contributed by atoms with Crippen molar-refractivity contribution >= 4 is 43.7 Å². The average Bonchev–Trinajstić information content (AvgIpc) is 3.02. The van der Waals surface area contributed by atoms with Crippen LogP contribution in [0, 0.1) is 0 Å². The van der Waals surface area contributed by atoms with Crippen molar-refractivity contribution in [2.24, 2.45) is 0 Å². The molecule has 0 bridgehead atoms. The Hall–Kier alpha value is -4.70. The first kappa shape index (κ1) is 25.0. The van der Waals surface area contributed by atoms with Gasteiger partial charge in [-0.1, -0.05) is 72.8 Å². The van der Waals surface area contributed by atoms with E-state index in [1.165, 1.54) is 55.2 Å². The van der Waals surface area contributed by atoms with Gasteiger partial charge in [-0.05, 0) is 81.9 Å². The largest absolute Gasteiger partial charge is 0.485 e. The van der Waals surface area contributed by atoms with Crippen LogP contribution in [0.4, 0.5) is 11.4 Å². The Bertz CT molecular complexity index is 1850. The van der Waals surface area contributed by atoms with E-state index in [-0.39, 0.29) is 0 Å². The van der Waals surface area contributed by atoms with Crippen LogP contribution in [0.2, 0.25) is 0 Å². The van der Waals surface area contributed by atoms with Gasteiger partial charge in [-0.2, -0.15) is 0 Å². The lowest BCUT2D eigenvalue weighted by molar-refractivity contribution is 0.238. The van der Waals surface area contributed by atoms with Gasteiger partial charge in [0.05, 0.1) is 11.4 Å². The summed E-state index contributed by atoms with van der Waals surface area (Å²) in [4.78, 5) is 5.14. The summed E-state index contributed by atoms with van der Waals surface area (Å²) in [6.45, 7) is 9.17. The van der Waals surface area contributed by atoms with Gasteiger partial charge in [0.2, 0.25) is 0 Å². The van der Waals surface area contributed by atoms with Crippen molar-refractivity contribution in [3.05, 3.63) is 119 Å². The van der Waals surface area contributed by atoms with E-state index in [2.05, 4.69) is 121 Å². The van der Waals surface area contributed by atoms with Crippen LogP contribution in [0.3, 0.4) is 0 Å². The molecule has 0 aromatic heterocycles. The van der Waals surface area contributed by atoms with Crippen LogP contribution in [-0.4, -0.2) is 13.1 Å². The number of rotatable bonds is 2. The minimum absolute atomic E-state index is 0.533. The van der Waals surface area contributed by atoms with Gasteiger partial charge in [0.25, 0.3) is 0 Å². The zero-order valence-corrected chi connectivity index (χ0v) is 24.2. The predicted molar refractivity (Wildman–Crippen MR) is 174 cm³/mol. The highest BCUT2D eigenvalue weighted by molar-refractivity contribution is 6.20. The molecule has 208 valence electrons. The molecule has 0 saturated carbocycles. The maximum atomic E-state index is 6.42. The smallest absolute Gasteiger partial charge is 0.162 e. The third kappa shape index (κ3) is 3.97. The molecule has 0 aliphatic carbocycles. The van der Waals surface area contributed by atoms with E-state index in [1.807, 2.05) is 0 Å². The molecular weight excluding hydrogens is 516 g/mol. The fraction of sp³-hybridized carbons (Fsp3) is 0.211. The Kier molecular flexibility index (Phi) is 5.96. The highest BCUT2D eigenvalue weighted by Crippen LogP contribution is 2.46. The molecular formula is C38H34N2O2. The Balaban J connectivity index is 1.26. The second-order valence-corrected chi connectivity index (χ2v) is 11.4. The third-order valence-corrected chi connectivity index (χ3v) is 9.10. The molecule has 2 aliphatic heterocycles. The number of ether oxygens (including phenoxy) is 2. The number of anilines is 2. The lowest BCUT2D eigenvalue weighted by Crippen LogP contribution is -2.32. The Morgan fingerprint density at radius 3 is 1.33 bits per heavy atom. The molecule has 8 rings (SSSR count). The van der Waals surface area contributed by atoms with E-state index >= 15 is 0 Å². The molecule has 42 heavy (non-hydrogen) atoms. The van der Waals surface area contributed by atoms with Gasteiger partial charge in [0, 0.05) is 37.0 Å². The zero-order valence-electron chi connectivity index (χ0n) is 24.2.